The highest BCUT2D eigenvalue weighted by Crippen LogP contribution is 2.16. The van der Waals surface area contributed by atoms with E-state index < -0.39 is 0 Å². The fourth-order valence-electron chi connectivity index (χ4n) is 2.14. The summed E-state index contributed by atoms with van der Waals surface area (Å²) >= 11 is 0. The Labute approximate surface area is 80.4 Å². The molecule has 3 nitrogen and oxygen atoms in total. The molecular formula is C10H20N2O. The fourth-order valence-corrected chi connectivity index (χ4v) is 2.14. The zero-order chi connectivity index (χ0) is 9.10. The van der Waals surface area contributed by atoms with Crippen molar-refractivity contribution in [3.8, 4) is 0 Å². The van der Waals surface area contributed by atoms with E-state index in [0.29, 0.717) is 12.2 Å². The average molecular weight is 184 g/mol. The predicted octanol–water partition coefficient (Wildman–Crippen LogP) is 0.459. The smallest absolute Gasteiger partial charge is 0.0715 e. The number of nitrogens with zero attached hydrogens (tertiary/aromatic N) is 1. The molecule has 76 valence electrons. The van der Waals surface area contributed by atoms with Gasteiger partial charge >= 0.3 is 0 Å². The molecule has 2 aliphatic rings. The van der Waals surface area contributed by atoms with Gasteiger partial charge in [-0.3, -0.25) is 0 Å². The summed E-state index contributed by atoms with van der Waals surface area (Å²) in [5.74, 6) is 0. The van der Waals surface area contributed by atoms with Gasteiger partial charge in [0.05, 0.1) is 12.2 Å². The second-order valence-electron chi connectivity index (χ2n) is 4.25. The molecule has 2 rings (SSSR count). The molecular weight excluding hydrogens is 164 g/mol. The minimum atomic E-state index is 0.494. The van der Waals surface area contributed by atoms with Crippen LogP contribution in [0.25, 0.3) is 0 Å². The summed E-state index contributed by atoms with van der Waals surface area (Å²) in [4.78, 5) is 2.38. The Bertz CT molecular complexity index is 149. The molecule has 0 saturated carbocycles. The van der Waals surface area contributed by atoms with Crippen molar-refractivity contribution in [2.75, 3.05) is 33.2 Å². The molecule has 2 fully saturated rings. The highest BCUT2D eigenvalue weighted by Gasteiger charge is 2.22. The number of nitrogens with one attached hydrogen (secondary N) is 1. The van der Waals surface area contributed by atoms with E-state index in [0.717, 1.165) is 13.1 Å². The zero-order valence-electron chi connectivity index (χ0n) is 8.46. The predicted molar refractivity (Wildman–Crippen MR) is 52.9 cm³/mol. The summed E-state index contributed by atoms with van der Waals surface area (Å²) in [6.07, 6.45) is 4.65. The normalized spacial score (nSPS) is 32.5. The van der Waals surface area contributed by atoms with Crippen molar-refractivity contribution in [2.24, 2.45) is 0 Å². The lowest BCUT2D eigenvalue weighted by molar-refractivity contribution is -0.0303. The minimum Gasteiger partial charge on any atom is -0.374 e. The van der Waals surface area contributed by atoms with E-state index in [1.807, 2.05) is 0 Å². The van der Waals surface area contributed by atoms with Crippen LogP contribution >= 0.6 is 0 Å². The average Bonchev–Trinajstić information content (AvgIpc) is 2.62. The molecule has 0 aliphatic carbocycles. The molecule has 0 bridgehead atoms. The van der Waals surface area contributed by atoms with Crippen LogP contribution in [0.15, 0.2) is 0 Å². The van der Waals surface area contributed by atoms with Crippen LogP contribution in [0.3, 0.4) is 0 Å². The molecule has 1 N–H and O–H groups in total. The monoisotopic (exact) mass is 184 g/mol. The third kappa shape index (κ3) is 2.66. The molecule has 0 amide bonds. The van der Waals surface area contributed by atoms with Gasteiger partial charge in [-0.25, -0.2) is 0 Å². The van der Waals surface area contributed by atoms with E-state index in [4.69, 9.17) is 4.74 Å². The quantitative estimate of drug-likeness (QED) is 0.675. The Morgan fingerprint density at radius 3 is 2.54 bits per heavy atom. The summed E-state index contributed by atoms with van der Waals surface area (Å²) in [5, 5.41) is 3.34. The van der Waals surface area contributed by atoms with Crippen LogP contribution in [0.2, 0.25) is 0 Å². The molecule has 2 saturated heterocycles. The van der Waals surface area contributed by atoms with E-state index in [1.165, 1.54) is 32.4 Å². The molecule has 0 aromatic heterocycles. The number of hydrogen-bond donors (Lipinski definition) is 1. The first-order valence-electron chi connectivity index (χ1n) is 5.39. The lowest BCUT2D eigenvalue weighted by Gasteiger charge is -2.30. The Morgan fingerprint density at radius 1 is 1.15 bits per heavy atom. The van der Waals surface area contributed by atoms with Gasteiger partial charge in [0.2, 0.25) is 0 Å². The van der Waals surface area contributed by atoms with Gasteiger partial charge in [0, 0.05) is 19.6 Å². The van der Waals surface area contributed by atoms with E-state index in [-0.39, 0.29) is 0 Å². The maximum atomic E-state index is 6.01. The SMILES string of the molecule is CN1CCC(O[C@H]2CCNC2)CC1. The number of rotatable bonds is 2. The van der Waals surface area contributed by atoms with E-state index in [1.54, 1.807) is 0 Å². The lowest BCUT2D eigenvalue weighted by atomic mass is 10.1. The van der Waals surface area contributed by atoms with Crippen LogP contribution in [-0.4, -0.2) is 50.3 Å². The van der Waals surface area contributed by atoms with Gasteiger partial charge in [-0.2, -0.15) is 0 Å². The largest absolute Gasteiger partial charge is 0.374 e. The first-order chi connectivity index (χ1) is 6.34. The van der Waals surface area contributed by atoms with Crippen molar-refractivity contribution in [1.82, 2.24) is 10.2 Å². The molecule has 0 radical (unpaired) electrons. The maximum absolute atomic E-state index is 6.01. The van der Waals surface area contributed by atoms with Gasteiger partial charge in [0.15, 0.2) is 0 Å². The van der Waals surface area contributed by atoms with E-state index >= 15 is 0 Å². The van der Waals surface area contributed by atoms with Crippen molar-refractivity contribution in [3.05, 3.63) is 0 Å². The zero-order valence-corrected chi connectivity index (χ0v) is 8.46. The molecule has 2 heterocycles. The molecule has 0 aromatic rings. The van der Waals surface area contributed by atoms with Crippen LogP contribution in [-0.2, 0) is 4.74 Å². The molecule has 0 spiro atoms. The van der Waals surface area contributed by atoms with E-state index in [9.17, 15) is 0 Å². The third-order valence-corrected chi connectivity index (χ3v) is 3.07. The van der Waals surface area contributed by atoms with Crippen molar-refractivity contribution in [2.45, 2.75) is 31.5 Å². The fraction of sp³-hybridized carbons (Fsp3) is 1.00. The number of likely N-dealkylation sites (tertiary alicyclic amines) is 1. The van der Waals surface area contributed by atoms with Gasteiger partial charge in [0.25, 0.3) is 0 Å². The third-order valence-electron chi connectivity index (χ3n) is 3.07. The van der Waals surface area contributed by atoms with Crippen molar-refractivity contribution in [1.29, 1.82) is 0 Å². The Morgan fingerprint density at radius 2 is 1.92 bits per heavy atom. The second kappa shape index (κ2) is 4.40. The van der Waals surface area contributed by atoms with Crippen LogP contribution in [0.5, 0.6) is 0 Å². The van der Waals surface area contributed by atoms with Gasteiger partial charge in [-0.1, -0.05) is 0 Å². The summed E-state index contributed by atoms with van der Waals surface area (Å²) in [7, 11) is 2.19. The number of piperidine rings is 1. The Balaban J connectivity index is 1.69. The summed E-state index contributed by atoms with van der Waals surface area (Å²) in [6.45, 7) is 4.60. The highest BCUT2D eigenvalue weighted by molar-refractivity contribution is 4.76. The van der Waals surface area contributed by atoms with Crippen molar-refractivity contribution in [3.63, 3.8) is 0 Å². The van der Waals surface area contributed by atoms with Gasteiger partial charge < -0.3 is 15.0 Å². The summed E-state index contributed by atoms with van der Waals surface area (Å²) in [6, 6.07) is 0. The van der Waals surface area contributed by atoms with Gasteiger partial charge in [-0.15, -0.1) is 0 Å². The van der Waals surface area contributed by atoms with Gasteiger partial charge in [-0.05, 0) is 32.9 Å². The molecule has 0 unspecified atom stereocenters. The van der Waals surface area contributed by atoms with Crippen LogP contribution in [0, 0.1) is 0 Å². The maximum Gasteiger partial charge on any atom is 0.0715 e. The minimum absolute atomic E-state index is 0.494. The van der Waals surface area contributed by atoms with Crippen molar-refractivity contribution < 1.29 is 4.74 Å². The first kappa shape index (κ1) is 9.44. The highest BCUT2D eigenvalue weighted by atomic mass is 16.5. The Hall–Kier alpha value is -0.120. The molecule has 3 heteroatoms. The lowest BCUT2D eigenvalue weighted by Crippen LogP contribution is -2.36. The topological polar surface area (TPSA) is 24.5 Å². The molecule has 13 heavy (non-hydrogen) atoms. The second-order valence-corrected chi connectivity index (χ2v) is 4.25. The first-order valence-corrected chi connectivity index (χ1v) is 5.39. The number of ether oxygens (including phenoxy) is 1. The summed E-state index contributed by atoms with van der Waals surface area (Å²) < 4.78 is 6.01. The van der Waals surface area contributed by atoms with Crippen LogP contribution in [0.1, 0.15) is 19.3 Å². The summed E-state index contributed by atoms with van der Waals surface area (Å²) in [5.41, 5.74) is 0. The molecule has 1 atom stereocenters. The number of hydrogen-bond acceptors (Lipinski definition) is 3. The molecule has 0 aromatic carbocycles. The van der Waals surface area contributed by atoms with Gasteiger partial charge in [0.1, 0.15) is 0 Å². The van der Waals surface area contributed by atoms with Crippen molar-refractivity contribution >= 4 is 0 Å². The van der Waals surface area contributed by atoms with Crippen LogP contribution in [0.4, 0.5) is 0 Å². The van der Waals surface area contributed by atoms with Crippen LogP contribution < -0.4 is 5.32 Å². The standard InChI is InChI=1S/C10H20N2O/c1-12-6-3-9(4-7-12)13-10-2-5-11-8-10/h9-11H,2-8H2,1H3/t10-/m0/s1. The van der Waals surface area contributed by atoms with E-state index in [2.05, 4.69) is 17.3 Å². The Kier molecular flexibility index (Phi) is 3.19. The molecule has 2 aliphatic heterocycles.